The van der Waals surface area contributed by atoms with Crippen LogP contribution in [0.1, 0.15) is 15.9 Å². The minimum atomic E-state index is -3.75. The summed E-state index contributed by atoms with van der Waals surface area (Å²) >= 11 is 11.8. The molecule has 0 spiro atoms. The third-order valence-electron chi connectivity index (χ3n) is 4.18. The maximum absolute atomic E-state index is 12.7. The number of halogens is 2. The number of hydrogen-bond donors (Lipinski definition) is 2. The van der Waals surface area contributed by atoms with Crippen molar-refractivity contribution in [1.82, 2.24) is 0 Å². The van der Waals surface area contributed by atoms with Crippen molar-refractivity contribution in [2.75, 3.05) is 10.0 Å². The van der Waals surface area contributed by atoms with Gasteiger partial charge in [0.2, 0.25) is 0 Å². The van der Waals surface area contributed by atoms with E-state index in [1.165, 1.54) is 18.3 Å². The Hall–Kier alpha value is -2.80. The van der Waals surface area contributed by atoms with Crippen LogP contribution in [0.3, 0.4) is 0 Å². The number of hydrogen-bond acceptors (Lipinski definition) is 4. The zero-order valence-corrected chi connectivity index (χ0v) is 18.2. The van der Waals surface area contributed by atoms with E-state index in [1.54, 1.807) is 60.7 Å². The summed E-state index contributed by atoms with van der Waals surface area (Å²) < 4.78 is 27.9. The predicted molar refractivity (Wildman–Crippen MR) is 122 cm³/mol. The first-order valence-corrected chi connectivity index (χ1v) is 11.1. The van der Waals surface area contributed by atoms with Crippen LogP contribution in [-0.2, 0) is 10.0 Å². The van der Waals surface area contributed by atoms with Crippen LogP contribution in [-0.4, -0.2) is 14.2 Å². The van der Waals surface area contributed by atoms with Crippen LogP contribution < -0.4 is 10.0 Å². The summed E-state index contributed by atoms with van der Waals surface area (Å²) in [4.78, 5) is 12.4. The Morgan fingerprint density at radius 2 is 1.57 bits per heavy atom. The molecule has 0 amide bonds. The Morgan fingerprint density at radius 3 is 2.23 bits per heavy atom. The van der Waals surface area contributed by atoms with E-state index in [0.717, 1.165) is 5.56 Å². The highest BCUT2D eigenvalue weighted by atomic mass is 35.5. The SMILES string of the molecule is Cc1ccc(S(=O)(=O)Nc2ccccc2NC=CC(=O)c2ccc(Cl)c(Cl)c2)cc1. The molecule has 0 unspecified atom stereocenters. The number of rotatable bonds is 7. The van der Waals surface area contributed by atoms with Crippen LogP contribution >= 0.6 is 23.2 Å². The lowest BCUT2D eigenvalue weighted by Gasteiger charge is -2.12. The van der Waals surface area contributed by atoms with Gasteiger partial charge in [-0.25, -0.2) is 8.42 Å². The molecule has 0 heterocycles. The number of allylic oxidation sites excluding steroid dienone is 1. The van der Waals surface area contributed by atoms with Crippen molar-refractivity contribution in [2.24, 2.45) is 0 Å². The molecular weight excluding hydrogens is 443 g/mol. The minimum Gasteiger partial charge on any atom is -0.360 e. The molecule has 0 radical (unpaired) electrons. The quantitative estimate of drug-likeness (QED) is 0.339. The maximum atomic E-state index is 12.7. The average molecular weight is 461 g/mol. The predicted octanol–water partition coefficient (Wildman–Crippen LogP) is 5.91. The highest BCUT2D eigenvalue weighted by molar-refractivity contribution is 7.92. The molecule has 154 valence electrons. The molecule has 8 heteroatoms. The largest absolute Gasteiger partial charge is 0.360 e. The summed E-state index contributed by atoms with van der Waals surface area (Å²) in [6.07, 6.45) is 2.76. The lowest BCUT2D eigenvalue weighted by Crippen LogP contribution is -2.14. The van der Waals surface area contributed by atoms with Gasteiger partial charge >= 0.3 is 0 Å². The molecule has 3 aromatic rings. The van der Waals surface area contributed by atoms with E-state index in [9.17, 15) is 13.2 Å². The number of benzene rings is 3. The third kappa shape index (κ3) is 5.42. The molecule has 3 aromatic carbocycles. The van der Waals surface area contributed by atoms with Crippen molar-refractivity contribution in [2.45, 2.75) is 11.8 Å². The number of aryl methyl sites for hydroxylation is 1. The van der Waals surface area contributed by atoms with Crippen molar-refractivity contribution in [3.05, 3.63) is 100 Å². The number of carbonyl (C=O) groups is 1. The van der Waals surface area contributed by atoms with Crippen molar-refractivity contribution < 1.29 is 13.2 Å². The zero-order chi connectivity index (χ0) is 21.7. The lowest BCUT2D eigenvalue weighted by atomic mass is 10.1. The summed E-state index contributed by atoms with van der Waals surface area (Å²) in [5.41, 5.74) is 2.19. The van der Waals surface area contributed by atoms with E-state index >= 15 is 0 Å². The van der Waals surface area contributed by atoms with Crippen LogP contribution in [0.25, 0.3) is 0 Å². The second kappa shape index (κ2) is 9.34. The summed E-state index contributed by atoms with van der Waals surface area (Å²) in [5.74, 6) is -0.279. The van der Waals surface area contributed by atoms with Gasteiger partial charge in [0.1, 0.15) is 0 Å². The molecule has 0 fully saturated rings. The first-order valence-electron chi connectivity index (χ1n) is 8.87. The Morgan fingerprint density at radius 1 is 0.900 bits per heavy atom. The summed E-state index contributed by atoms with van der Waals surface area (Å²) in [7, 11) is -3.75. The molecule has 0 aliphatic heterocycles. The van der Waals surface area contributed by atoms with Gasteiger partial charge in [-0.3, -0.25) is 9.52 Å². The number of sulfonamides is 1. The van der Waals surface area contributed by atoms with Gasteiger partial charge in [0.05, 0.1) is 26.3 Å². The fourth-order valence-corrected chi connectivity index (χ4v) is 3.95. The molecule has 0 aromatic heterocycles. The van der Waals surface area contributed by atoms with Gasteiger partial charge in [0.15, 0.2) is 5.78 Å². The van der Waals surface area contributed by atoms with E-state index < -0.39 is 10.0 Å². The molecule has 0 aliphatic carbocycles. The van der Waals surface area contributed by atoms with E-state index in [-0.39, 0.29) is 10.7 Å². The Balaban J connectivity index is 1.75. The Kier molecular flexibility index (Phi) is 6.82. The molecule has 3 rings (SSSR count). The summed E-state index contributed by atoms with van der Waals surface area (Å²) in [6, 6.07) is 17.9. The van der Waals surface area contributed by atoms with E-state index in [2.05, 4.69) is 10.0 Å². The van der Waals surface area contributed by atoms with Gasteiger partial charge in [-0.15, -0.1) is 0 Å². The van der Waals surface area contributed by atoms with E-state index in [1.807, 2.05) is 6.92 Å². The molecule has 0 atom stereocenters. The normalized spacial score (nSPS) is 11.4. The van der Waals surface area contributed by atoms with Crippen LogP contribution in [0.15, 0.2) is 83.9 Å². The second-order valence-corrected chi connectivity index (χ2v) is 8.93. The minimum absolute atomic E-state index is 0.160. The number of nitrogens with one attached hydrogen (secondary N) is 2. The number of carbonyl (C=O) groups excluding carboxylic acids is 1. The summed E-state index contributed by atoms with van der Waals surface area (Å²) in [6.45, 7) is 1.88. The van der Waals surface area contributed by atoms with Crippen LogP contribution in [0.4, 0.5) is 11.4 Å². The molecule has 0 saturated heterocycles. The first kappa shape index (κ1) is 21.9. The average Bonchev–Trinajstić information content (AvgIpc) is 2.71. The van der Waals surface area contributed by atoms with Crippen molar-refractivity contribution in [3.8, 4) is 0 Å². The number of anilines is 2. The van der Waals surface area contributed by atoms with Gasteiger partial charge in [-0.2, -0.15) is 0 Å². The highest BCUT2D eigenvalue weighted by Gasteiger charge is 2.15. The molecule has 30 heavy (non-hydrogen) atoms. The monoisotopic (exact) mass is 460 g/mol. The Bertz CT molecular complexity index is 1210. The maximum Gasteiger partial charge on any atom is 0.261 e. The van der Waals surface area contributed by atoms with Gasteiger partial charge in [-0.1, -0.05) is 53.0 Å². The smallest absolute Gasteiger partial charge is 0.261 e. The van der Waals surface area contributed by atoms with Gasteiger partial charge in [0.25, 0.3) is 10.0 Å². The van der Waals surface area contributed by atoms with E-state index in [0.29, 0.717) is 27.0 Å². The Labute approximate surface area is 185 Å². The topological polar surface area (TPSA) is 75.3 Å². The number of ketones is 1. The van der Waals surface area contributed by atoms with Crippen LogP contribution in [0.5, 0.6) is 0 Å². The molecule has 0 saturated carbocycles. The molecular formula is C22H18Cl2N2O3S. The van der Waals surface area contributed by atoms with Gasteiger partial charge < -0.3 is 5.32 Å². The molecule has 2 N–H and O–H groups in total. The van der Waals surface area contributed by atoms with Crippen molar-refractivity contribution in [1.29, 1.82) is 0 Å². The standard InChI is InChI=1S/C22H18Cl2N2O3S/c1-15-6-9-17(10-7-15)30(28,29)26-21-5-3-2-4-20(21)25-13-12-22(27)16-8-11-18(23)19(24)14-16/h2-14,25-26H,1H3. The highest BCUT2D eigenvalue weighted by Crippen LogP contribution is 2.25. The van der Waals surface area contributed by atoms with Gasteiger partial charge in [-0.05, 0) is 49.4 Å². The fourth-order valence-electron chi connectivity index (χ4n) is 2.57. The van der Waals surface area contributed by atoms with E-state index in [4.69, 9.17) is 23.2 Å². The zero-order valence-electron chi connectivity index (χ0n) is 15.9. The third-order valence-corrected chi connectivity index (χ3v) is 6.30. The summed E-state index contributed by atoms with van der Waals surface area (Å²) in [5, 5.41) is 3.59. The van der Waals surface area contributed by atoms with Crippen LogP contribution in [0, 0.1) is 6.92 Å². The lowest BCUT2D eigenvalue weighted by molar-refractivity contribution is 0.104. The fraction of sp³-hybridized carbons (Fsp3) is 0.0455. The second-order valence-electron chi connectivity index (χ2n) is 6.43. The number of para-hydroxylation sites is 2. The molecule has 5 nitrogen and oxygen atoms in total. The van der Waals surface area contributed by atoms with Crippen molar-refractivity contribution >= 4 is 50.4 Å². The van der Waals surface area contributed by atoms with Gasteiger partial charge in [0, 0.05) is 17.8 Å². The van der Waals surface area contributed by atoms with Crippen LogP contribution in [0.2, 0.25) is 10.0 Å². The molecule has 0 aliphatic rings. The first-order chi connectivity index (χ1) is 14.3. The molecule has 0 bridgehead atoms. The van der Waals surface area contributed by atoms with Crippen molar-refractivity contribution in [3.63, 3.8) is 0 Å².